The second-order valence-electron chi connectivity index (χ2n) is 9.06. The Kier molecular flexibility index (Phi) is 8.23. The number of benzene rings is 1. The van der Waals surface area contributed by atoms with Crippen LogP contribution in [0.15, 0.2) is 42.7 Å². The van der Waals surface area contributed by atoms with Gasteiger partial charge < -0.3 is 19.5 Å². The van der Waals surface area contributed by atoms with Gasteiger partial charge in [-0.1, -0.05) is 18.5 Å². The minimum absolute atomic E-state index is 0.116. The molecule has 37 heavy (non-hydrogen) atoms. The molecule has 0 bridgehead atoms. The molecular weight excluding hydrogens is 496 g/mol. The molecule has 2 aromatic heterocycles. The highest BCUT2D eigenvalue weighted by Gasteiger charge is 2.31. The van der Waals surface area contributed by atoms with Crippen LogP contribution in [0.2, 0.25) is 5.15 Å². The number of rotatable bonds is 11. The summed E-state index contributed by atoms with van der Waals surface area (Å²) in [6, 6.07) is 8.05. The molecule has 194 valence electrons. The Morgan fingerprint density at radius 3 is 2.59 bits per heavy atom. The van der Waals surface area contributed by atoms with Crippen molar-refractivity contribution < 1.29 is 23.9 Å². The normalized spacial score (nSPS) is 12.8. The maximum atomic E-state index is 13.5. The summed E-state index contributed by atoms with van der Waals surface area (Å²) in [5.74, 6) is -1.63. The zero-order chi connectivity index (χ0) is 26.5. The summed E-state index contributed by atoms with van der Waals surface area (Å²) < 4.78 is 6.67. The summed E-state index contributed by atoms with van der Waals surface area (Å²) in [6.45, 7) is 4.86. The maximum absolute atomic E-state index is 13.5. The molecule has 10 heteroatoms. The Hall–Kier alpha value is -3.72. The van der Waals surface area contributed by atoms with Crippen LogP contribution >= 0.6 is 11.6 Å². The standard InChI is InChI=1S/C27H29ClN4O5/c1-3-11-31(14-17-5-6-17)27(36)25(34)21-15-32(16-24(33)37-4-2)22-9-8-19(12-20(21)22)30-26(35)18-7-10-23(28)29-13-18/h7-10,12-13,15,17H,3-6,11,14,16H2,1-2H3,(H,30,35). The lowest BCUT2D eigenvalue weighted by atomic mass is 10.1. The Labute approximate surface area is 219 Å². The number of carbonyl (C=O) groups is 4. The molecule has 0 aliphatic heterocycles. The highest BCUT2D eigenvalue weighted by atomic mass is 35.5. The second kappa shape index (κ2) is 11.6. The van der Waals surface area contributed by atoms with Gasteiger partial charge in [-0.05, 0) is 62.4 Å². The molecule has 0 radical (unpaired) electrons. The van der Waals surface area contributed by atoms with Gasteiger partial charge in [0, 0.05) is 42.1 Å². The molecule has 3 aromatic rings. The van der Waals surface area contributed by atoms with Crippen molar-refractivity contribution in [2.24, 2.45) is 5.92 Å². The minimum Gasteiger partial charge on any atom is -0.465 e. The number of hydrogen-bond acceptors (Lipinski definition) is 6. The Morgan fingerprint density at radius 2 is 1.95 bits per heavy atom. The quantitative estimate of drug-likeness (QED) is 0.173. The number of ether oxygens (including phenoxy) is 1. The second-order valence-corrected chi connectivity index (χ2v) is 9.44. The Balaban J connectivity index is 1.67. The van der Waals surface area contributed by atoms with Crippen molar-refractivity contribution >= 4 is 51.8 Å². The van der Waals surface area contributed by atoms with Crippen molar-refractivity contribution in [3.05, 3.63) is 59.0 Å². The maximum Gasteiger partial charge on any atom is 0.325 e. The van der Waals surface area contributed by atoms with Gasteiger partial charge in [0.2, 0.25) is 0 Å². The first kappa shape index (κ1) is 26.3. The van der Waals surface area contributed by atoms with E-state index >= 15 is 0 Å². The van der Waals surface area contributed by atoms with E-state index in [-0.39, 0.29) is 23.9 Å². The third-order valence-corrected chi connectivity index (χ3v) is 6.35. The number of nitrogens with one attached hydrogen (secondary N) is 1. The summed E-state index contributed by atoms with van der Waals surface area (Å²) in [6.07, 6.45) is 5.74. The molecule has 9 nitrogen and oxygen atoms in total. The summed E-state index contributed by atoms with van der Waals surface area (Å²) in [4.78, 5) is 57.1. The summed E-state index contributed by atoms with van der Waals surface area (Å²) in [5, 5.41) is 3.51. The summed E-state index contributed by atoms with van der Waals surface area (Å²) in [5.41, 5.74) is 1.47. The lowest BCUT2D eigenvalue weighted by molar-refractivity contribution is -0.143. The number of aromatic nitrogens is 2. The smallest absolute Gasteiger partial charge is 0.325 e. The van der Waals surface area contributed by atoms with E-state index in [2.05, 4.69) is 10.3 Å². The van der Waals surface area contributed by atoms with E-state index in [1.165, 1.54) is 18.5 Å². The summed E-state index contributed by atoms with van der Waals surface area (Å²) in [7, 11) is 0. The van der Waals surface area contributed by atoms with Crippen LogP contribution in [-0.2, 0) is 20.9 Å². The summed E-state index contributed by atoms with van der Waals surface area (Å²) >= 11 is 5.80. The van der Waals surface area contributed by atoms with Gasteiger partial charge in [-0.15, -0.1) is 0 Å². The lowest BCUT2D eigenvalue weighted by Gasteiger charge is -2.21. The Morgan fingerprint density at radius 1 is 1.16 bits per heavy atom. The number of amides is 2. The molecule has 2 amide bonds. The zero-order valence-electron chi connectivity index (χ0n) is 20.8. The van der Waals surface area contributed by atoms with Crippen molar-refractivity contribution in [2.75, 3.05) is 25.0 Å². The molecule has 0 unspecified atom stereocenters. The topological polar surface area (TPSA) is 111 Å². The van der Waals surface area contributed by atoms with Crippen LogP contribution in [0, 0.1) is 5.92 Å². The molecule has 1 aliphatic rings. The number of carbonyl (C=O) groups excluding carboxylic acids is 4. The fourth-order valence-corrected chi connectivity index (χ4v) is 4.27. The predicted molar refractivity (Wildman–Crippen MR) is 140 cm³/mol. The number of ketones is 1. The number of pyridine rings is 1. The molecule has 0 saturated heterocycles. The first-order valence-electron chi connectivity index (χ1n) is 12.4. The number of Topliss-reactive ketones (excluding diaryl/α,β-unsaturated/α-hetero) is 1. The Bertz CT molecular complexity index is 1330. The van der Waals surface area contributed by atoms with E-state index in [1.54, 1.807) is 40.7 Å². The van der Waals surface area contributed by atoms with Crippen LogP contribution in [0.3, 0.4) is 0 Å². The van der Waals surface area contributed by atoms with E-state index in [1.807, 2.05) is 6.92 Å². The molecule has 2 heterocycles. The fourth-order valence-electron chi connectivity index (χ4n) is 4.16. The molecule has 1 N–H and O–H groups in total. The van der Waals surface area contributed by atoms with E-state index in [0.717, 1.165) is 19.3 Å². The average Bonchev–Trinajstić information content (AvgIpc) is 3.63. The van der Waals surface area contributed by atoms with E-state index in [4.69, 9.17) is 16.3 Å². The molecule has 0 spiro atoms. The number of esters is 1. The molecule has 1 saturated carbocycles. The van der Waals surface area contributed by atoms with Crippen LogP contribution < -0.4 is 5.32 Å². The van der Waals surface area contributed by atoms with Crippen LogP contribution in [0.5, 0.6) is 0 Å². The van der Waals surface area contributed by atoms with E-state index in [0.29, 0.717) is 41.2 Å². The lowest BCUT2D eigenvalue weighted by Crippen LogP contribution is -2.38. The third kappa shape index (κ3) is 6.35. The van der Waals surface area contributed by atoms with Gasteiger partial charge in [0.05, 0.1) is 17.7 Å². The largest absolute Gasteiger partial charge is 0.465 e. The van der Waals surface area contributed by atoms with Crippen LogP contribution in [-0.4, -0.2) is 57.7 Å². The highest BCUT2D eigenvalue weighted by molar-refractivity contribution is 6.45. The van der Waals surface area contributed by atoms with Gasteiger partial charge in [0.15, 0.2) is 0 Å². The zero-order valence-corrected chi connectivity index (χ0v) is 21.6. The molecule has 4 rings (SSSR count). The van der Waals surface area contributed by atoms with Gasteiger partial charge in [-0.25, -0.2) is 4.98 Å². The number of hydrogen-bond donors (Lipinski definition) is 1. The molecule has 1 fully saturated rings. The van der Waals surface area contributed by atoms with E-state index < -0.39 is 23.6 Å². The van der Waals surface area contributed by atoms with Crippen molar-refractivity contribution in [3.8, 4) is 0 Å². The molecule has 0 atom stereocenters. The molecule has 1 aliphatic carbocycles. The van der Waals surface area contributed by atoms with Gasteiger partial charge >= 0.3 is 5.97 Å². The minimum atomic E-state index is -0.646. The van der Waals surface area contributed by atoms with Crippen LogP contribution in [0.25, 0.3) is 10.9 Å². The monoisotopic (exact) mass is 524 g/mol. The van der Waals surface area contributed by atoms with Gasteiger partial charge in [-0.3, -0.25) is 19.2 Å². The predicted octanol–water partition coefficient (Wildman–Crippen LogP) is 4.34. The van der Waals surface area contributed by atoms with Crippen molar-refractivity contribution in [1.82, 2.24) is 14.5 Å². The van der Waals surface area contributed by atoms with Gasteiger partial charge in [0.25, 0.3) is 17.6 Å². The molecule has 1 aromatic carbocycles. The van der Waals surface area contributed by atoms with Crippen molar-refractivity contribution in [2.45, 2.75) is 39.7 Å². The number of nitrogens with zero attached hydrogens (tertiary/aromatic N) is 3. The first-order chi connectivity index (χ1) is 17.8. The fraction of sp³-hybridized carbons (Fsp3) is 0.370. The van der Waals surface area contributed by atoms with E-state index in [9.17, 15) is 19.2 Å². The van der Waals surface area contributed by atoms with Gasteiger partial charge in [0.1, 0.15) is 11.7 Å². The third-order valence-electron chi connectivity index (χ3n) is 6.13. The van der Waals surface area contributed by atoms with Crippen LogP contribution in [0.1, 0.15) is 53.8 Å². The van der Waals surface area contributed by atoms with Crippen molar-refractivity contribution in [3.63, 3.8) is 0 Å². The highest BCUT2D eigenvalue weighted by Crippen LogP contribution is 2.31. The van der Waals surface area contributed by atoms with Gasteiger partial charge in [-0.2, -0.15) is 0 Å². The first-order valence-corrected chi connectivity index (χ1v) is 12.7. The number of anilines is 1. The van der Waals surface area contributed by atoms with Crippen LogP contribution in [0.4, 0.5) is 5.69 Å². The van der Waals surface area contributed by atoms with Crippen molar-refractivity contribution in [1.29, 1.82) is 0 Å². The molecular formula is C27H29ClN4O5. The SMILES string of the molecule is CCCN(CC1CC1)C(=O)C(=O)c1cn(CC(=O)OCC)c2ccc(NC(=O)c3ccc(Cl)nc3)cc12. The number of fused-ring (bicyclic) bond motifs is 1. The average molecular weight is 525 g/mol. The number of halogens is 1.